The summed E-state index contributed by atoms with van der Waals surface area (Å²) < 4.78 is 5.26. The molecule has 1 saturated heterocycles. The number of rotatable bonds is 4. The molecule has 2 N–H and O–H groups in total. The summed E-state index contributed by atoms with van der Waals surface area (Å²) in [5.41, 5.74) is 0.431. The lowest BCUT2D eigenvalue weighted by atomic mass is 9.75. The molecular formula is C16H21N3O2. The number of carbonyl (C=O) groups is 1. The van der Waals surface area contributed by atoms with Crippen LogP contribution in [0.25, 0.3) is 0 Å². The van der Waals surface area contributed by atoms with E-state index in [2.05, 4.69) is 30.6 Å². The van der Waals surface area contributed by atoms with Gasteiger partial charge in [-0.15, -0.1) is 0 Å². The summed E-state index contributed by atoms with van der Waals surface area (Å²) in [4.78, 5) is 12.8. The highest BCUT2D eigenvalue weighted by atomic mass is 16.5. The average molecular weight is 287 g/mol. The average Bonchev–Trinajstić information content (AvgIpc) is 2.98. The third kappa shape index (κ3) is 2.72. The van der Waals surface area contributed by atoms with Crippen LogP contribution in [0.2, 0.25) is 0 Å². The minimum atomic E-state index is -0.437. The number of nitrogens with one attached hydrogen (secondary N) is 2. The van der Waals surface area contributed by atoms with E-state index in [4.69, 9.17) is 4.74 Å². The number of nitrogens with zero attached hydrogens (tertiary/aromatic N) is 1. The van der Waals surface area contributed by atoms with Crippen molar-refractivity contribution in [1.29, 1.82) is 5.26 Å². The number of carbonyl (C=O) groups excluding carboxylic acids is 1. The minimum Gasteiger partial charge on any atom is -0.495 e. The van der Waals surface area contributed by atoms with Crippen LogP contribution in [0, 0.1) is 22.7 Å². The number of hydrogen-bond donors (Lipinski definition) is 2. The van der Waals surface area contributed by atoms with E-state index in [0.29, 0.717) is 23.5 Å². The van der Waals surface area contributed by atoms with Crippen molar-refractivity contribution in [2.24, 2.45) is 11.3 Å². The van der Waals surface area contributed by atoms with Gasteiger partial charge < -0.3 is 15.4 Å². The lowest BCUT2D eigenvalue weighted by Gasteiger charge is -2.31. The SMILES string of the molecule is COc1cccc(C#N)c1NC(=O)C1(C(C)C)CCNC1. The first-order chi connectivity index (χ1) is 10.0. The van der Waals surface area contributed by atoms with Gasteiger partial charge in [0.15, 0.2) is 0 Å². The number of ether oxygens (including phenoxy) is 1. The van der Waals surface area contributed by atoms with Crippen molar-refractivity contribution in [2.45, 2.75) is 20.3 Å². The van der Waals surface area contributed by atoms with Crippen LogP contribution < -0.4 is 15.4 Å². The van der Waals surface area contributed by atoms with E-state index in [9.17, 15) is 10.1 Å². The first-order valence-electron chi connectivity index (χ1n) is 7.14. The highest BCUT2D eigenvalue weighted by Gasteiger charge is 2.44. The molecule has 0 spiro atoms. The van der Waals surface area contributed by atoms with Crippen LogP contribution in [-0.4, -0.2) is 26.1 Å². The quantitative estimate of drug-likeness (QED) is 0.889. The Labute approximate surface area is 125 Å². The van der Waals surface area contributed by atoms with Gasteiger partial charge in [-0.05, 0) is 31.0 Å². The first kappa shape index (κ1) is 15.3. The number of benzene rings is 1. The fourth-order valence-electron chi connectivity index (χ4n) is 2.82. The number of amides is 1. The van der Waals surface area contributed by atoms with E-state index in [1.165, 1.54) is 7.11 Å². The fraction of sp³-hybridized carbons (Fsp3) is 0.500. The number of anilines is 1. The van der Waals surface area contributed by atoms with Gasteiger partial charge in [0.05, 0.1) is 18.1 Å². The Morgan fingerprint density at radius 2 is 2.29 bits per heavy atom. The smallest absolute Gasteiger partial charge is 0.232 e. The predicted octanol–water partition coefficient (Wildman–Crippen LogP) is 2.14. The standard InChI is InChI=1S/C16H21N3O2/c1-11(2)16(7-8-18-10-16)15(20)19-14-12(9-17)5-4-6-13(14)21-3/h4-6,11,18H,7-8,10H2,1-3H3,(H,19,20). The van der Waals surface area contributed by atoms with Gasteiger partial charge in [-0.25, -0.2) is 0 Å². The van der Waals surface area contributed by atoms with Crippen molar-refractivity contribution in [1.82, 2.24) is 5.32 Å². The summed E-state index contributed by atoms with van der Waals surface area (Å²) in [6.45, 7) is 5.61. The van der Waals surface area contributed by atoms with Crippen LogP contribution in [0.1, 0.15) is 25.8 Å². The molecular weight excluding hydrogens is 266 g/mol. The maximum absolute atomic E-state index is 12.8. The van der Waals surface area contributed by atoms with E-state index in [1.54, 1.807) is 18.2 Å². The Morgan fingerprint density at radius 1 is 1.52 bits per heavy atom. The lowest BCUT2D eigenvalue weighted by molar-refractivity contribution is -0.126. The molecule has 0 aliphatic carbocycles. The highest BCUT2D eigenvalue weighted by molar-refractivity contribution is 5.98. The zero-order valence-corrected chi connectivity index (χ0v) is 12.7. The number of methoxy groups -OCH3 is 1. The second-order valence-electron chi connectivity index (χ2n) is 5.69. The van der Waals surface area contributed by atoms with Gasteiger partial charge in [-0.1, -0.05) is 19.9 Å². The number of para-hydroxylation sites is 1. The normalized spacial score (nSPS) is 21.1. The molecule has 5 nitrogen and oxygen atoms in total. The van der Waals surface area contributed by atoms with Crippen molar-refractivity contribution in [2.75, 3.05) is 25.5 Å². The van der Waals surface area contributed by atoms with Crippen LogP contribution in [0.15, 0.2) is 18.2 Å². The molecule has 2 rings (SSSR count). The van der Waals surface area contributed by atoms with E-state index in [0.717, 1.165) is 13.0 Å². The summed E-state index contributed by atoms with van der Waals surface area (Å²) >= 11 is 0. The molecule has 0 bridgehead atoms. The van der Waals surface area contributed by atoms with Crippen LogP contribution in [0.4, 0.5) is 5.69 Å². The molecule has 1 aliphatic heterocycles. The molecule has 0 saturated carbocycles. The van der Waals surface area contributed by atoms with Gasteiger partial charge in [0, 0.05) is 6.54 Å². The summed E-state index contributed by atoms with van der Waals surface area (Å²) in [5, 5.41) is 15.4. The van der Waals surface area contributed by atoms with Gasteiger partial charge in [0.1, 0.15) is 17.5 Å². The van der Waals surface area contributed by atoms with Gasteiger partial charge in [-0.3, -0.25) is 4.79 Å². The predicted molar refractivity (Wildman–Crippen MR) is 81.1 cm³/mol. The fourth-order valence-corrected chi connectivity index (χ4v) is 2.82. The highest BCUT2D eigenvalue weighted by Crippen LogP contribution is 2.37. The summed E-state index contributed by atoms with van der Waals surface area (Å²) in [6.07, 6.45) is 0.799. The van der Waals surface area contributed by atoms with Crippen LogP contribution >= 0.6 is 0 Å². The Hall–Kier alpha value is -2.06. The van der Waals surface area contributed by atoms with Crippen molar-refractivity contribution >= 4 is 11.6 Å². The van der Waals surface area contributed by atoms with Crippen LogP contribution in [0.3, 0.4) is 0 Å². The second kappa shape index (κ2) is 6.15. The first-order valence-corrected chi connectivity index (χ1v) is 7.14. The van der Waals surface area contributed by atoms with Crippen molar-refractivity contribution in [3.63, 3.8) is 0 Å². The third-order valence-electron chi connectivity index (χ3n) is 4.35. The monoisotopic (exact) mass is 287 g/mol. The minimum absolute atomic E-state index is 0.0523. The molecule has 1 unspecified atom stereocenters. The molecule has 5 heteroatoms. The topological polar surface area (TPSA) is 74.1 Å². The molecule has 1 aromatic carbocycles. The molecule has 1 atom stereocenters. The lowest BCUT2D eigenvalue weighted by Crippen LogP contribution is -2.42. The molecule has 0 aromatic heterocycles. The van der Waals surface area contributed by atoms with Crippen molar-refractivity contribution in [3.05, 3.63) is 23.8 Å². The maximum Gasteiger partial charge on any atom is 0.232 e. The molecule has 1 fully saturated rings. The van der Waals surface area contributed by atoms with E-state index < -0.39 is 5.41 Å². The van der Waals surface area contributed by atoms with Gasteiger partial charge >= 0.3 is 0 Å². The van der Waals surface area contributed by atoms with Crippen molar-refractivity contribution < 1.29 is 9.53 Å². The van der Waals surface area contributed by atoms with E-state index in [-0.39, 0.29) is 11.8 Å². The number of nitriles is 1. The Bertz CT molecular complexity index is 569. The molecule has 112 valence electrons. The summed E-state index contributed by atoms with van der Waals surface area (Å²) in [7, 11) is 1.53. The van der Waals surface area contributed by atoms with Crippen molar-refractivity contribution in [3.8, 4) is 11.8 Å². The van der Waals surface area contributed by atoms with E-state index >= 15 is 0 Å². The Morgan fingerprint density at radius 3 is 2.81 bits per heavy atom. The Kier molecular flexibility index (Phi) is 4.49. The second-order valence-corrected chi connectivity index (χ2v) is 5.69. The largest absolute Gasteiger partial charge is 0.495 e. The van der Waals surface area contributed by atoms with Gasteiger partial charge in [0.25, 0.3) is 0 Å². The maximum atomic E-state index is 12.8. The molecule has 0 radical (unpaired) electrons. The summed E-state index contributed by atoms with van der Waals surface area (Å²) in [5.74, 6) is 0.670. The van der Waals surface area contributed by atoms with Gasteiger partial charge in [0.2, 0.25) is 5.91 Å². The van der Waals surface area contributed by atoms with Gasteiger partial charge in [-0.2, -0.15) is 5.26 Å². The van der Waals surface area contributed by atoms with Crippen LogP contribution in [0.5, 0.6) is 5.75 Å². The zero-order chi connectivity index (χ0) is 15.5. The zero-order valence-electron chi connectivity index (χ0n) is 12.7. The van der Waals surface area contributed by atoms with Crippen LogP contribution in [-0.2, 0) is 4.79 Å². The molecule has 21 heavy (non-hydrogen) atoms. The molecule has 1 heterocycles. The third-order valence-corrected chi connectivity index (χ3v) is 4.35. The number of hydrogen-bond acceptors (Lipinski definition) is 4. The molecule has 1 amide bonds. The Balaban J connectivity index is 2.34. The molecule has 1 aromatic rings. The molecule has 1 aliphatic rings. The van der Waals surface area contributed by atoms with E-state index in [1.807, 2.05) is 0 Å². The summed E-state index contributed by atoms with van der Waals surface area (Å²) in [6, 6.07) is 7.25.